The first-order chi connectivity index (χ1) is 12.3. The van der Waals surface area contributed by atoms with Crippen LogP contribution in [0, 0.1) is 5.92 Å². The quantitative estimate of drug-likeness (QED) is 0.697. The summed E-state index contributed by atoms with van der Waals surface area (Å²) >= 11 is 0. The molecule has 0 bridgehead atoms. The average molecular weight is 382 g/mol. The fourth-order valence-electron chi connectivity index (χ4n) is 2.61. The molecule has 1 aromatic carbocycles. The Morgan fingerprint density at radius 1 is 1.15 bits per heavy atom. The number of hydrogen-bond acceptors (Lipinski definition) is 5. The Bertz CT molecular complexity index is 722. The monoisotopic (exact) mass is 382 g/mol. The largest absolute Gasteiger partial charge is 0.456 e. The number of carbonyl (C=O) groups excluding carboxylic acids is 2. The summed E-state index contributed by atoms with van der Waals surface area (Å²) in [5.74, 6) is -0.467. The molecule has 1 heterocycles. The molecule has 1 amide bonds. The lowest BCUT2D eigenvalue weighted by Gasteiger charge is -2.15. The molecule has 0 unspecified atom stereocenters. The number of nitrogens with one attached hydrogen (secondary N) is 1. The summed E-state index contributed by atoms with van der Waals surface area (Å²) < 4.78 is 31.3. The summed E-state index contributed by atoms with van der Waals surface area (Å²) in [6, 6.07) is 6.00. The molecular weight excluding hydrogens is 356 g/mol. The molecule has 1 aliphatic rings. The van der Waals surface area contributed by atoms with Crippen LogP contribution in [-0.2, 0) is 24.3 Å². The maximum absolute atomic E-state index is 12.4. The van der Waals surface area contributed by atoms with Gasteiger partial charge in [0, 0.05) is 25.2 Å². The second-order valence-corrected chi connectivity index (χ2v) is 8.71. The predicted octanol–water partition coefficient (Wildman–Crippen LogP) is 2.39. The van der Waals surface area contributed by atoms with E-state index in [9.17, 15) is 18.0 Å². The standard InChI is InChI=1S/C18H26N2O5S/c1-14(2)5-10-18(22)25-13-17(21)19-15-6-8-16(9-7-15)26(23,24)20-11-3-4-12-20/h6-9,14H,3-5,10-13H2,1-2H3,(H,19,21). The zero-order chi connectivity index (χ0) is 19.2. The van der Waals surface area contributed by atoms with Crippen LogP contribution >= 0.6 is 0 Å². The molecule has 26 heavy (non-hydrogen) atoms. The maximum atomic E-state index is 12.4. The Morgan fingerprint density at radius 3 is 2.35 bits per heavy atom. The first-order valence-electron chi connectivity index (χ1n) is 8.84. The van der Waals surface area contributed by atoms with Crippen LogP contribution in [0.25, 0.3) is 0 Å². The van der Waals surface area contributed by atoms with Gasteiger partial charge in [-0.3, -0.25) is 9.59 Å². The van der Waals surface area contributed by atoms with Crippen molar-refractivity contribution in [1.29, 1.82) is 0 Å². The topological polar surface area (TPSA) is 92.8 Å². The molecule has 144 valence electrons. The molecule has 0 atom stereocenters. The van der Waals surface area contributed by atoms with E-state index < -0.39 is 21.9 Å². The number of sulfonamides is 1. The molecule has 0 radical (unpaired) electrons. The highest BCUT2D eigenvalue weighted by molar-refractivity contribution is 7.89. The van der Waals surface area contributed by atoms with Crippen molar-refractivity contribution in [2.45, 2.75) is 44.4 Å². The number of esters is 1. The van der Waals surface area contributed by atoms with Crippen molar-refractivity contribution < 1.29 is 22.7 Å². The van der Waals surface area contributed by atoms with Gasteiger partial charge in [-0.05, 0) is 49.4 Å². The van der Waals surface area contributed by atoms with Gasteiger partial charge in [-0.15, -0.1) is 0 Å². The number of carbonyl (C=O) groups is 2. The van der Waals surface area contributed by atoms with E-state index in [1.54, 1.807) is 0 Å². The van der Waals surface area contributed by atoms with E-state index in [4.69, 9.17) is 4.74 Å². The molecule has 1 aliphatic heterocycles. The van der Waals surface area contributed by atoms with Crippen molar-refractivity contribution in [3.8, 4) is 0 Å². The third-order valence-electron chi connectivity index (χ3n) is 4.13. The summed E-state index contributed by atoms with van der Waals surface area (Å²) in [6.45, 7) is 4.75. The fraction of sp³-hybridized carbons (Fsp3) is 0.556. The fourth-order valence-corrected chi connectivity index (χ4v) is 4.13. The van der Waals surface area contributed by atoms with E-state index >= 15 is 0 Å². The van der Waals surface area contributed by atoms with E-state index in [0.717, 1.165) is 12.8 Å². The number of anilines is 1. The lowest BCUT2D eigenvalue weighted by atomic mass is 10.1. The lowest BCUT2D eigenvalue weighted by molar-refractivity contribution is -0.147. The zero-order valence-corrected chi connectivity index (χ0v) is 16.0. The first-order valence-corrected chi connectivity index (χ1v) is 10.3. The van der Waals surface area contributed by atoms with Gasteiger partial charge < -0.3 is 10.1 Å². The van der Waals surface area contributed by atoms with Crippen LogP contribution in [0.1, 0.15) is 39.5 Å². The number of rotatable bonds is 8. The first kappa shape index (κ1) is 20.4. The summed E-state index contributed by atoms with van der Waals surface area (Å²) in [5, 5.41) is 2.59. The minimum atomic E-state index is -3.47. The van der Waals surface area contributed by atoms with Gasteiger partial charge in [0.2, 0.25) is 10.0 Å². The summed E-state index contributed by atoms with van der Waals surface area (Å²) in [4.78, 5) is 23.5. The molecule has 1 aromatic rings. The van der Waals surface area contributed by atoms with Crippen molar-refractivity contribution in [3.63, 3.8) is 0 Å². The van der Waals surface area contributed by atoms with Gasteiger partial charge in [0.15, 0.2) is 6.61 Å². The van der Waals surface area contributed by atoms with Crippen molar-refractivity contribution in [2.24, 2.45) is 5.92 Å². The number of amides is 1. The van der Waals surface area contributed by atoms with Crippen LogP contribution in [0.2, 0.25) is 0 Å². The van der Waals surface area contributed by atoms with Gasteiger partial charge in [-0.2, -0.15) is 4.31 Å². The third kappa shape index (κ3) is 5.81. The Hall–Kier alpha value is -1.93. The van der Waals surface area contributed by atoms with E-state index in [0.29, 0.717) is 31.1 Å². The predicted molar refractivity (Wildman–Crippen MR) is 98.1 cm³/mol. The van der Waals surface area contributed by atoms with Crippen LogP contribution in [-0.4, -0.2) is 44.3 Å². The minimum Gasteiger partial charge on any atom is -0.456 e. The smallest absolute Gasteiger partial charge is 0.306 e. The lowest BCUT2D eigenvalue weighted by Crippen LogP contribution is -2.27. The number of ether oxygens (including phenoxy) is 1. The van der Waals surface area contributed by atoms with Gasteiger partial charge in [-0.25, -0.2) is 8.42 Å². The Morgan fingerprint density at radius 2 is 1.77 bits per heavy atom. The van der Waals surface area contributed by atoms with Gasteiger partial charge in [0.05, 0.1) is 4.90 Å². The molecule has 0 aliphatic carbocycles. The third-order valence-corrected chi connectivity index (χ3v) is 6.04. The maximum Gasteiger partial charge on any atom is 0.306 e. The molecule has 0 spiro atoms. The van der Waals surface area contributed by atoms with Crippen LogP contribution < -0.4 is 5.32 Å². The molecule has 1 N–H and O–H groups in total. The average Bonchev–Trinajstić information content (AvgIpc) is 3.14. The van der Waals surface area contributed by atoms with Crippen LogP contribution in [0.15, 0.2) is 29.2 Å². The highest BCUT2D eigenvalue weighted by Gasteiger charge is 2.26. The Kier molecular flexibility index (Phi) is 7.16. The molecule has 1 saturated heterocycles. The summed E-state index contributed by atoms with van der Waals surface area (Å²) in [7, 11) is -3.47. The number of benzene rings is 1. The Balaban J connectivity index is 1.85. The highest BCUT2D eigenvalue weighted by atomic mass is 32.2. The van der Waals surface area contributed by atoms with Crippen LogP contribution in [0.4, 0.5) is 5.69 Å². The summed E-state index contributed by atoms with van der Waals surface area (Å²) in [5.41, 5.74) is 0.452. The van der Waals surface area contributed by atoms with Crippen LogP contribution in [0.5, 0.6) is 0 Å². The van der Waals surface area contributed by atoms with Gasteiger partial charge >= 0.3 is 5.97 Å². The van der Waals surface area contributed by atoms with Crippen molar-refractivity contribution in [2.75, 3.05) is 25.0 Å². The SMILES string of the molecule is CC(C)CCC(=O)OCC(=O)Nc1ccc(S(=O)(=O)N2CCCC2)cc1. The summed E-state index contributed by atoms with van der Waals surface area (Å²) in [6.07, 6.45) is 2.76. The van der Waals surface area contributed by atoms with E-state index in [1.807, 2.05) is 13.8 Å². The van der Waals surface area contributed by atoms with E-state index in [-0.39, 0.29) is 17.9 Å². The van der Waals surface area contributed by atoms with Gasteiger partial charge in [-0.1, -0.05) is 13.8 Å². The number of hydrogen-bond donors (Lipinski definition) is 1. The van der Waals surface area contributed by atoms with Crippen LogP contribution in [0.3, 0.4) is 0 Å². The zero-order valence-electron chi connectivity index (χ0n) is 15.2. The molecular formula is C18H26N2O5S. The van der Waals surface area contributed by atoms with E-state index in [2.05, 4.69) is 5.32 Å². The van der Waals surface area contributed by atoms with Crippen molar-refractivity contribution in [1.82, 2.24) is 4.31 Å². The van der Waals surface area contributed by atoms with Crippen molar-refractivity contribution in [3.05, 3.63) is 24.3 Å². The molecule has 7 nitrogen and oxygen atoms in total. The molecule has 8 heteroatoms. The van der Waals surface area contributed by atoms with Gasteiger partial charge in [0.1, 0.15) is 0 Å². The molecule has 0 saturated carbocycles. The number of nitrogens with zero attached hydrogens (tertiary/aromatic N) is 1. The molecule has 0 aromatic heterocycles. The molecule has 1 fully saturated rings. The van der Waals surface area contributed by atoms with Crippen molar-refractivity contribution >= 4 is 27.6 Å². The second kappa shape index (κ2) is 9.14. The minimum absolute atomic E-state index is 0.206. The van der Waals surface area contributed by atoms with E-state index in [1.165, 1.54) is 28.6 Å². The Labute approximate surface area is 154 Å². The molecule has 2 rings (SSSR count). The second-order valence-electron chi connectivity index (χ2n) is 6.78. The highest BCUT2D eigenvalue weighted by Crippen LogP contribution is 2.22. The van der Waals surface area contributed by atoms with Gasteiger partial charge in [0.25, 0.3) is 5.91 Å². The normalized spacial score (nSPS) is 15.2.